The van der Waals surface area contributed by atoms with Crippen LogP contribution >= 0.6 is 0 Å². The third-order valence-electron chi connectivity index (χ3n) is 13.8. The van der Waals surface area contributed by atoms with Crippen molar-refractivity contribution in [2.45, 2.75) is 109 Å². The van der Waals surface area contributed by atoms with E-state index < -0.39 is 24.3 Å². The van der Waals surface area contributed by atoms with Gasteiger partial charge >= 0.3 is 12.2 Å². The highest BCUT2D eigenvalue weighted by molar-refractivity contribution is 6.07. The molecule has 4 aliphatic heterocycles. The zero-order valence-electron chi connectivity index (χ0n) is 36.6. The fourth-order valence-corrected chi connectivity index (χ4v) is 10.4. The van der Waals surface area contributed by atoms with E-state index in [2.05, 4.69) is 51.7 Å². The summed E-state index contributed by atoms with van der Waals surface area (Å²) in [6, 6.07) is 12.4. The fourth-order valence-electron chi connectivity index (χ4n) is 10.4. The summed E-state index contributed by atoms with van der Waals surface area (Å²) in [7, 11) is 2.78. The number of likely N-dealkylation sites (N-methyl/N-ethyl adjacent to an activating group) is 1. The molecule has 3 aromatic carbocycles. The van der Waals surface area contributed by atoms with Crippen LogP contribution in [-0.2, 0) is 25.7 Å². The molecule has 9 rings (SSSR count). The summed E-state index contributed by atoms with van der Waals surface area (Å²) >= 11 is 0. The molecule has 332 valence electrons. The Morgan fingerprint density at radius 1 is 0.889 bits per heavy atom. The molecule has 4 aliphatic rings. The number of carboxylic acid groups (broad SMARTS) is 1. The smallest absolute Gasteiger partial charge is 0.407 e. The summed E-state index contributed by atoms with van der Waals surface area (Å²) in [5.41, 5.74) is 6.52. The average Bonchev–Trinajstić information content (AvgIpc) is 4.10. The van der Waals surface area contributed by atoms with Crippen LogP contribution in [0.3, 0.4) is 0 Å². The fraction of sp³-hybridized carbons (Fsp3) is 0.489. The van der Waals surface area contributed by atoms with E-state index in [1.807, 2.05) is 49.8 Å². The second-order valence-corrected chi connectivity index (χ2v) is 18.0. The van der Waals surface area contributed by atoms with E-state index in [9.17, 15) is 24.3 Å². The van der Waals surface area contributed by atoms with Crippen molar-refractivity contribution in [3.05, 3.63) is 65.9 Å². The van der Waals surface area contributed by atoms with Gasteiger partial charge in [-0.05, 0) is 111 Å². The zero-order chi connectivity index (χ0) is 44.3. The number of amides is 4. The van der Waals surface area contributed by atoms with E-state index in [0.717, 1.165) is 74.8 Å². The van der Waals surface area contributed by atoms with E-state index in [4.69, 9.17) is 24.2 Å². The third kappa shape index (κ3) is 7.61. The van der Waals surface area contributed by atoms with Crippen molar-refractivity contribution >= 4 is 45.8 Å². The molecule has 0 unspecified atom stereocenters. The van der Waals surface area contributed by atoms with Crippen molar-refractivity contribution in [2.24, 2.45) is 11.8 Å². The minimum atomic E-state index is -1.12. The first-order valence-corrected chi connectivity index (χ1v) is 22.1. The minimum Gasteiger partial charge on any atom is -0.488 e. The lowest BCUT2D eigenvalue weighted by molar-refractivity contribution is -0.142. The number of imidazole rings is 2. The maximum Gasteiger partial charge on any atom is 0.407 e. The highest BCUT2D eigenvalue weighted by atomic mass is 16.5. The van der Waals surface area contributed by atoms with Gasteiger partial charge in [-0.2, -0.15) is 0 Å². The van der Waals surface area contributed by atoms with Crippen LogP contribution in [0.4, 0.5) is 9.59 Å². The van der Waals surface area contributed by atoms with Gasteiger partial charge in [0, 0.05) is 43.3 Å². The number of carbonyl (C=O) groups is 4. The lowest BCUT2D eigenvalue weighted by Crippen LogP contribution is -2.54. The number of hydrogen-bond acceptors (Lipinski definition) is 9. The second-order valence-electron chi connectivity index (χ2n) is 18.0. The van der Waals surface area contributed by atoms with Crippen molar-refractivity contribution in [1.82, 2.24) is 40.0 Å². The van der Waals surface area contributed by atoms with Crippen molar-refractivity contribution in [2.75, 3.05) is 27.4 Å². The van der Waals surface area contributed by atoms with Crippen LogP contribution in [0.15, 0.2) is 48.7 Å². The molecule has 2 aromatic heterocycles. The molecule has 16 heteroatoms. The van der Waals surface area contributed by atoms with E-state index in [1.165, 1.54) is 19.1 Å². The highest BCUT2D eigenvalue weighted by Gasteiger charge is 2.45. The number of likely N-dealkylation sites (tertiary alicyclic amines) is 2. The predicted molar refractivity (Wildman–Crippen MR) is 235 cm³/mol. The monoisotopic (exact) mass is 860 g/mol. The third-order valence-corrected chi connectivity index (χ3v) is 13.8. The quantitative estimate of drug-likeness (QED) is 0.115. The zero-order valence-corrected chi connectivity index (χ0v) is 36.6. The molecule has 5 aromatic rings. The van der Waals surface area contributed by atoms with Gasteiger partial charge in [-0.25, -0.2) is 19.6 Å². The Kier molecular flexibility index (Phi) is 11.3. The molecule has 0 spiro atoms. The van der Waals surface area contributed by atoms with Gasteiger partial charge in [0.1, 0.15) is 36.1 Å². The van der Waals surface area contributed by atoms with Crippen molar-refractivity contribution < 1.29 is 38.5 Å². The summed E-state index contributed by atoms with van der Waals surface area (Å²) in [4.78, 5) is 74.5. The van der Waals surface area contributed by atoms with Gasteiger partial charge in [-0.1, -0.05) is 32.0 Å². The number of methoxy groups -OCH3 is 1. The van der Waals surface area contributed by atoms with Gasteiger partial charge in [0.15, 0.2) is 0 Å². The first-order chi connectivity index (χ1) is 30.3. The maximum atomic E-state index is 14.4. The molecule has 3 fully saturated rings. The minimum absolute atomic E-state index is 0.0212. The normalized spacial score (nSPS) is 22.1. The number of aromatic nitrogens is 4. The molecular formula is C47H56N8O8. The number of aromatic amines is 2. The Hall–Kier alpha value is -6.16. The predicted octanol–water partition coefficient (Wildman–Crippen LogP) is 7.56. The van der Waals surface area contributed by atoms with Gasteiger partial charge in [-0.3, -0.25) is 14.5 Å². The lowest BCUT2D eigenvalue weighted by atomic mass is 9.89. The number of carbonyl (C=O) groups excluding carboxylic acids is 3. The molecule has 3 saturated heterocycles. The van der Waals surface area contributed by atoms with Crippen LogP contribution in [0.5, 0.6) is 5.75 Å². The lowest BCUT2D eigenvalue weighted by Gasteiger charge is -2.39. The molecule has 4 amide bonds. The molecular weight excluding hydrogens is 805 g/mol. The largest absolute Gasteiger partial charge is 0.488 e. The number of nitrogens with one attached hydrogen (secondary N) is 3. The van der Waals surface area contributed by atoms with Crippen LogP contribution in [0.1, 0.15) is 95.5 Å². The van der Waals surface area contributed by atoms with Gasteiger partial charge in [0.2, 0.25) is 11.8 Å². The number of H-pyrrole nitrogens is 2. The van der Waals surface area contributed by atoms with Crippen LogP contribution in [0, 0.1) is 11.8 Å². The number of hydrogen-bond donors (Lipinski definition) is 4. The molecule has 63 heavy (non-hydrogen) atoms. The highest BCUT2D eigenvalue weighted by Crippen LogP contribution is 2.44. The van der Waals surface area contributed by atoms with Crippen LogP contribution in [0.25, 0.3) is 44.2 Å². The van der Waals surface area contributed by atoms with Crippen LogP contribution < -0.4 is 10.1 Å². The van der Waals surface area contributed by atoms with Gasteiger partial charge in [0.05, 0.1) is 42.1 Å². The number of nitrogens with zero attached hydrogens (tertiary/aromatic N) is 5. The Balaban J connectivity index is 0.970. The molecule has 6 heterocycles. The molecule has 0 aliphatic carbocycles. The van der Waals surface area contributed by atoms with Gasteiger partial charge < -0.3 is 44.4 Å². The first-order valence-electron chi connectivity index (χ1n) is 22.1. The summed E-state index contributed by atoms with van der Waals surface area (Å²) < 4.78 is 16.8. The molecule has 6 atom stereocenters. The number of fused-ring (bicyclic) bond motifs is 6. The molecule has 0 radical (unpaired) electrons. The summed E-state index contributed by atoms with van der Waals surface area (Å²) in [5.74, 6) is 1.56. The van der Waals surface area contributed by atoms with E-state index in [-0.39, 0.29) is 47.8 Å². The molecule has 16 nitrogen and oxygen atoms in total. The maximum absolute atomic E-state index is 14.4. The summed E-state index contributed by atoms with van der Waals surface area (Å²) in [6.45, 7) is 9.25. The van der Waals surface area contributed by atoms with Crippen LogP contribution in [-0.4, -0.2) is 115 Å². The first kappa shape index (κ1) is 42.2. The van der Waals surface area contributed by atoms with Gasteiger partial charge in [-0.15, -0.1) is 0 Å². The van der Waals surface area contributed by atoms with Crippen molar-refractivity contribution in [3.63, 3.8) is 0 Å². The molecule has 0 saturated carbocycles. The number of rotatable bonds is 9. The summed E-state index contributed by atoms with van der Waals surface area (Å²) in [6.07, 6.45) is 4.38. The standard InChI is InChI=1S/C47H56N8O8/c1-24(2)39(52-46(58)61-6)44(56)54-25(3)7-13-36(54)42-48-22-35(50-42)29-9-11-31-30(19-29)23-63-38-21-32-28(20-33(31)38)10-12-34-40(32)51-43(49-34)37-14-8-26(4)55(37)45(57)41(53(5)47(59)60)27-15-17-62-18-16-27/h9-12,19-22,24-27,36-37,39,41H,7-8,13-18,23H2,1-6H3,(H,48,50)(H,49,51)(H,52,58)(H,59,60)/t25-,26-,36-,37-,39-,41-/m0/s1. The van der Waals surface area contributed by atoms with Crippen molar-refractivity contribution in [1.29, 1.82) is 0 Å². The number of alkyl carbamates (subject to hydrolysis) is 1. The van der Waals surface area contributed by atoms with E-state index in [0.29, 0.717) is 50.7 Å². The topological polar surface area (TPSA) is 195 Å². The number of benzene rings is 3. The van der Waals surface area contributed by atoms with Crippen molar-refractivity contribution in [3.8, 4) is 28.1 Å². The Morgan fingerprint density at radius 3 is 2.30 bits per heavy atom. The molecule has 4 N–H and O–H groups in total. The van der Waals surface area contributed by atoms with E-state index >= 15 is 0 Å². The SMILES string of the molecule is COC(=O)N[C@H](C(=O)N1[C@@H](C)CC[C@H]1c1ncc(-c2ccc3c(c2)COc2cc4c(ccc5nc([C@@H]6CC[C@H](C)N6C(=O)[C@H](C6CCOCC6)N(C)C(=O)O)[nH]c54)cc2-3)[nH]1)C(C)C. The van der Waals surface area contributed by atoms with E-state index in [1.54, 1.807) is 0 Å². The Labute approximate surface area is 365 Å². The number of ether oxygens (including phenoxy) is 3. The van der Waals surface area contributed by atoms with Gasteiger partial charge in [0.25, 0.3) is 0 Å². The Bertz CT molecular complexity index is 2580. The average molecular weight is 861 g/mol. The second kappa shape index (κ2) is 16.8. The summed E-state index contributed by atoms with van der Waals surface area (Å²) in [5, 5.41) is 14.7. The molecule has 0 bridgehead atoms. The Morgan fingerprint density at radius 2 is 1.60 bits per heavy atom. The van der Waals surface area contributed by atoms with Crippen LogP contribution in [0.2, 0.25) is 0 Å².